The molecule has 0 aromatic carbocycles. The minimum absolute atomic E-state index is 0.804. The normalized spacial score (nSPS) is 30.5. The van der Waals surface area contributed by atoms with E-state index >= 15 is 0 Å². The van der Waals surface area contributed by atoms with Gasteiger partial charge in [0, 0.05) is 11.5 Å². The van der Waals surface area contributed by atoms with E-state index in [1.165, 1.54) is 68.8 Å². The van der Waals surface area contributed by atoms with Crippen molar-refractivity contribution in [3.63, 3.8) is 0 Å². The lowest BCUT2D eigenvalue weighted by atomic mass is 9.80. The van der Waals surface area contributed by atoms with E-state index in [9.17, 15) is 0 Å². The van der Waals surface area contributed by atoms with E-state index in [4.69, 9.17) is 10.3 Å². The van der Waals surface area contributed by atoms with Crippen LogP contribution in [0.4, 0.5) is 0 Å². The first-order valence-electron chi connectivity index (χ1n) is 7.80. The van der Waals surface area contributed by atoms with Crippen molar-refractivity contribution in [2.45, 2.75) is 58.8 Å². The third-order valence-corrected chi connectivity index (χ3v) is 5.98. The average Bonchev–Trinajstić information content (AvgIpc) is 2.37. The van der Waals surface area contributed by atoms with Crippen molar-refractivity contribution in [2.75, 3.05) is 11.5 Å². The number of hydrogen-bond donors (Lipinski definition) is 2. The molecule has 1 rings (SSSR count). The van der Waals surface area contributed by atoms with Crippen LogP contribution in [0.25, 0.3) is 0 Å². The minimum atomic E-state index is 0.804. The summed E-state index contributed by atoms with van der Waals surface area (Å²) in [6.45, 7) is 4.77. The summed E-state index contributed by atoms with van der Waals surface area (Å²) in [7, 11) is 0. The van der Waals surface area contributed by atoms with Gasteiger partial charge < -0.3 is 0 Å². The predicted octanol–water partition coefficient (Wildman–Crippen LogP) is 4.45. The fourth-order valence-corrected chi connectivity index (χ4v) is 4.58. The number of nitrogens with two attached hydrogens (primary N) is 2. The highest BCUT2D eigenvalue weighted by molar-refractivity contribution is 7.97. The van der Waals surface area contributed by atoms with Crippen LogP contribution in [0.2, 0.25) is 0 Å². The van der Waals surface area contributed by atoms with Crippen molar-refractivity contribution in [1.29, 1.82) is 0 Å². The zero-order valence-corrected chi connectivity index (χ0v) is 14.3. The quantitative estimate of drug-likeness (QED) is 0.737. The van der Waals surface area contributed by atoms with E-state index in [0.717, 1.165) is 35.2 Å². The molecule has 1 saturated carbocycles. The summed E-state index contributed by atoms with van der Waals surface area (Å²) in [5.41, 5.74) is 0. The van der Waals surface area contributed by atoms with Gasteiger partial charge in [0.05, 0.1) is 0 Å². The third-order valence-electron chi connectivity index (χ3n) is 4.65. The van der Waals surface area contributed by atoms with Crippen molar-refractivity contribution in [1.82, 2.24) is 0 Å². The van der Waals surface area contributed by atoms with E-state index in [0.29, 0.717) is 0 Å². The molecule has 0 saturated heterocycles. The third kappa shape index (κ3) is 7.26. The van der Waals surface area contributed by atoms with Gasteiger partial charge in [0.15, 0.2) is 0 Å². The molecule has 0 bridgehead atoms. The Morgan fingerprint density at radius 3 is 1.74 bits per heavy atom. The SMILES string of the molecule is CC(C)C1CCCC(CSN)CC(CSN)CCC1. The Morgan fingerprint density at radius 1 is 0.895 bits per heavy atom. The minimum Gasteiger partial charge on any atom is -0.278 e. The van der Waals surface area contributed by atoms with Crippen molar-refractivity contribution in [3.05, 3.63) is 0 Å². The van der Waals surface area contributed by atoms with Crippen LogP contribution in [0.15, 0.2) is 0 Å². The highest BCUT2D eigenvalue weighted by atomic mass is 32.2. The second-order valence-electron chi connectivity index (χ2n) is 6.50. The monoisotopic (exact) mass is 304 g/mol. The maximum Gasteiger partial charge on any atom is 0.0105 e. The first kappa shape index (κ1) is 17.7. The molecule has 0 aromatic heterocycles. The zero-order chi connectivity index (χ0) is 14.1. The molecule has 1 aliphatic carbocycles. The summed E-state index contributed by atoms with van der Waals surface area (Å²) in [6, 6.07) is 0. The summed E-state index contributed by atoms with van der Waals surface area (Å²) in [6.07, 6.45) is 9.66. The highest BCUT2D eigenvalue weighted by Crippen LogP contribution is 2.32. The van der Waals surface area contributed by atoms with Crippen LogP contribution in [-0.2, 0) is 0 Å². The van der Waals surface area contributed by atoms with Crippen LogP contribution in [0, 0.1) is 23.7 Å². The van der Waals surface area contributed by atoms with Crippen molar-refractivity contribution in [3.8, 4) is 0 Å². The number of hydrogen-bond acceptors (Lipinski definition) is 4. The molecule has 0 spiro atoms. The molecule has 2 unspecified atom stereocenters. The molecular formula is C15H32N2S2. The van der Waals surface area contributed by atoms with Crippen LogP contribution in [-0.4, -0.2) is 11.5 Å². The Bertz CT molecular complexity index is 206. The molecule has 1 aliphatic rings. The summed E-state index contributed by atoms with van der Waals surface area (Å²) < 4.78 is 0. The van der Waals surface area contributed by atoms with Gasteiger partial charge in [-0.2, -0.15) is 0 Å². The van der Waals surface area contributed by atoms with Gasteiger partial charge in [0.1, 0.15) is 0 Å². The smallest absolute Gasteiger partial charge is 0.0105 e. The molecule has 2 nitrogen and oxygen atoms in total. The Labute approximate surface area is 128 Å². The van der Waals surface area contributed by atoms with Gasteiger partial charge in [-0.3, -0.25) is 10.3 Å². The van der Waals surface area contributed by atoms with Gasteiger partial charge in [-0.05, 0) is 42.9 Å². The topological polar surface area (TPSA) is 52.0 Å². The van der Waals surface area contributed by atoms with Crippen LogP contribution >= 0.6 is 23.9 Å². The molecular weight excluding hydrogens is 272 g/mol. The highest BCUT2D eigenvalue weighted by Gasteiger charge is 2.21. The molecule has 2 atom stereocenters. The van der Waals surface area contributed by atoms with E-state index in [-0.39, 0.29) is 0 Å². The standard InChI is InChI=1S/C15H32N2S2/c1-12(2)15-7-3-5-13(10-18-16)9-14(11-19-17)6-4-8-15/h12-15H,3-11,16-17H2,1-2H3. The van der Waals surface area contributed by atoms with Crippen LogP contribution in [0.5, 0.6) is 0 Å². The van der Waals surface area contributed by atoms with Crippen molar-refractivity contribution >= 4 is 23.9 Å². The lowest BCUT2D eigenvalue weighted by Gasteiger charge is -2.28. The van der Waals surface area contributed by atoms with Gasteiger partial charge in [-0.25, -0.2) is 0 Å². The first-order chi connectivity index (χ1) is 9.17. The summed E-state index contributed by atoms with van der Waals surface area (Å²) in [4.78, 5) is 0. The Kier molecular flexibility index (Phi) is 9.64. The van der Waals surface area contributed by atoms with E-state index in [2.05, 4.69) is 13.8 Å². The Balaban J connectivity index is 2.55. The summed E-state index contributed by atoms with van der Waals surface area (Å²) in [5, 5.41) is 11.4. The molecule has 0 radical (unpaired) electrons. The molecule has 0 aliphatic heterocycles. The molecule has 19 heavy (non-hydrogen) atoms. The predicted molar refractivity (Wildman–Crippen MR) is 90.9 cm³/mol. The zero-order valence-electron chi connectivity index (χ0n) is 12.6. The second kappa shape index (κ2) is 10.4. The van der Waals surface area contributed by atoms with Crippen LogP contribution in [0.1, 0.15) is 58.8 Å². The molecule has 0 amide bonds. The maximum atomic E-state index is 5.70. The van der Waals surface area contributed by atoms with Gasteiger partial charge in [-0.15, -0.1) is 0 Å². The molecule has 114 valence electrons. The van der Waals surface area contributed by atoms with Gasteiger partial charge in [-0.1, -0.05) is 63.4 Å². The molecule has 0 heterocycles. The Morgan fingerprint density at radius 2 is 1.37 bits per heavy atom. The lowest BCUT2D eigenvalue weighted by Crippen LogP contribution is -2.18. The van der Waals surface area contributed by atoms with E-state index in [1.807, 2.05) is 0 Å². The van der Waals surface area contributed by atoms with E-state index in [1.54, 1.807) is 0 Å². The first-order valence-corrected chi connectivity index (χ1v) is 9.90. The lowest BCUT2D eigenvalue weighted by molar-refractivity contribution is 0.270. The second-order valence-corrected chi connectivity index (χ2v) is 7.83. The molecule has 0 aromatic rings. The fraction of sp³-hybridized carbons (Fsp3) is 1.00. The van der Waals surface area contributed by atoms with Gasteiger partial charge in [0.2, 0.25) is 0 Å². The van der Waals surface area contributed by atoms with Crippen LogP contribution in [0.3, 0.4) is 0 Å². The average molecular weight is 305 g/mol. The number of rotatable bonds is 5. The summed E-state index contributed by atoms with van der Waals surface area (Å²) >= 11 is 3.05. The van der Waals surface area contributed by atoms with Gasteiger partial charge in [0.25, 0.3) is 0 Å². The molecule has 4 N–H and O–H groups in total. The maximum absolute atomic E-state index is 5.70. The van der Waals surface area contributed by atoms with Crippen molar-refractivity contribution in [2.24, 2.45) is 33.9 Å². The Hall–Kier alpha value is 0.620. The van der Waals surface area contributed by atoms with E-state index < -0.39 is 0 Å². The molecule has 1 fully saturated rings. The summed E-state index contributed by atoms with van der Waals surface area (Å²) in [5.74, 6) is 5.62. The largest absolute Gasteiger partial charge is 0.278 e. The van der Waals surface area contributed by atoms with Gasteiger partial charge >= 0.3 is 0 Å². The van der Waals surface area contributed by atoms with Crippen LogP contribution < -0.4 is 10.3 Å². The molecule has 4 heteroatoms. The fourth-order valence-electron chi connectivity index (χ4n) is 3.43. The van der Waals surface area contributed by atoms with Crippen molar-refractivity contribution < 1.29 is 0 Å².